The molecule has 7 heteroatoms. The Morgan fingerprint density at radius 2 is 2.40 bits per heavy atom. The Balaban J connectivity index is 2.80. The van der Waals surface area contributed by atoms with Crippen LogP contribution in [0.25, 0.3) is 0 Å². The maximum absolute atomic E-state index is 11.1. The molecule has 0 aliphatic heterocycles. The van der Waals surface area contributed by atoms with Gasteiger partial charge in [-0.1, -0.05) is 0 Å². The summed E-state index contributed by atoms with van der Waals surface area (Å²) in [7, 11) is 1.32. The Kier molecular flexibility index (Phi) is 4.28. The maximum Gasteiger partial charge on any atom is 0.328 e. The Morgan fingerprint density at radius 1 is 1.73 bits per heavy atom. The number of ether oxygens (including phenoxy) is 1. The van der Waals surface area contributed by atoms with Crippen LogP contribution in [0.1, 0.15) is 6.92 Å². The molecular weight excluding hydrogens is 285 g/mol. The first kappa shape index (κ1) is 12.2. The number of hydrogen-bond donors (Lipinski definition) is 1. The minimum Gasteiger partial charge on any atom is -0.467 e. The van der Waals surface area contributed by atoms with Crippen molar-refractivity contribution in [2.45, 2.75) is 13.0 Å². The lowest BCUT2D eigenvalue weighted by atomic mass is 10.3. The predicted molar refractivity (Wildman–Crippen MR) is 59.8 cm³/mol. The van der Waals surface area contributed by atoms with Gasteiger partial charge < -0.3 is 10.1 Å². The number of carbonyl (C=O) groups excluding carboxylic acids is 1. The van der Waals surface area contributed by atoms with E-state index in [0.29, 0.717) is 10.3 Å². The molecule has 82 valence electrons. The van der Waals surface area contributed by atoms with E-state index in [2.05, 4.69) is 36.0 Å². The monoisotopic (exact) mass is 293 g/mol. The van der Waals surface area contributed by atoms with Crippen molar-refractivity contribution in [1.29, 1.82) is 0 Å². The summed E-state index contributed by atoms with van der Waals surface area (Å²) in [5.74, 6) is 0.0736. The number of methoxy groups -OCH3 is 1. The number of anilines is 1. The molecule has 5 nitrogen and oxygen atoms in total. The Labute approximate surface area is 100 Å². The van der Waals surface area contributed by atoms with E-state index >= 15 is 0 Å². The van der Waals surface area contributed by atoms with Crippen molar-refractivity contribution in [3.05, 3.63) is 16.0 Å². The van der Waals surface area contributed by atoms with E-state index in [-0.39, 0.29) is 11.3 Å². The second-order valence-corrected chi connectivity index (χ2v) is 3.92. The summed E-state index contributed by atoms with van der Waals surface area (Å²) in [6, 6.07) is -0.503. The zero-order chi connectivity index (χ0) is 11.4. The van der Waals surface area contributed by atoms with Gasteiger partial charge in [0, 0.05) is 6.20 Å². The zero-order valence-corrected chi connectivity index (χ0v) is 10.5. The van der Waals surface area contributed by atoms with Crippen LogP contribution in [-0.4, -0.2) is 29.1 Å². The molecule has 0 spiro atoms. The summed E-state index contributed by atoms with van der Waals surface area (Å²) in [5, 5.41) is 2.95. The molecule has 0 saturated carbocycles. The van der Waals surface area contributed by atoms with Gasteiger partial charge >= 0.3 is 5.97 Å². The van der Waals surface area contributed by atoms with E-state index in [0.717, 1.165) is 0 Å². The van der Waals surface area contributed by atoms with Gasteiger partial charge in [0.15, 0.2) is 0 Å². The molecule has 1 aromatic heterocycles. The summed E-state index contributed by atoms with van der Waals surface area (Å²) in [4.78, 5) is 18.8. The zero-order valence-electron chi connectivity index (χ0n) is 8.12. The minimum atomic E-state index is -0.503. The van der Waals surface area contributed by atoms with E-state index in [9.17, 15) is 4.79 Å². The number of aromatic nitrogens is 2. The Morgan fingerprint density at radius 3 is 3.00 bits per heavy atom. The molecule has 0 aliphatic carbocycles. The largest absolute Gasteiger partial charge is 0.467 e. The molecule has 1 rings (SSSR count). The number of nitrogens with one attached hydrogen (secondary N) is 1. The van der Waals surface area contributed by atoms with Crippen LogP contribution < -0.4 is 5.32 Å². The molecule has 1 unspecified atom stereocenters. The van der Waals surface area contributed by atoms with E-state index in [1.807, 2.05) is 0 Å². The maximum atomic E-state index is 11.1. The molecule has 1 heterocycles. The third-order valence-corrected chi connectivity index (χ3v) is 2.39. The summed E-state index contributed by atoms with van der Waals surface area (Å²) >= 11 is 8.85. The van der Waals surface area contributed by atoms with Gasteiger partial charge in [0.1, 0.15) is 11.9 Å². The Hall–Kier alpha value is -0.880. The first-order valence-electron chi connectivity index (χ1n) is 4.07. The topological polar surface area (TPSA) is 64.1 Å². The van der Waals surface area contributed by atoms with Gasteiger partial charge in [0.05, 0.1) is 11.6 Å². The van der Waals surface area contributed by atoms with Crippen molar-refractivity contribution in [1.82, 2.24) is 9.97 Å². The van der Waals surface area contributed by atoms with Gasteiger partial charge in [0.25, 0.3) is 0 Å². The van der Waals surface area contributed by atoms with E-state index in [4.69, 9.17) is 11.6 Å². The van der Waals surface area contributed by atoms with Crippen LogP contribution in [0.4, 0.5) is 5.82 Å². The van der Waals surface area contributed by atoms with Crippen molar-refractivity contribution in [2.75, 3.05) is 12.4 Å². The number of carbonyl (C=O) groups is 1. The predicted octanol–water partition coefficient (Wildman–Crippen LogP) is 1.87. The SMILES string of the molecule is COC(=O)C(C)Nc1nc(Cl)ncc1Br. The number of rotatable bonds is 3. The third-order valence-electron chi connectivity index (χ3n) is 1.62. The van der Waals surface area contributed by atoms with Crippen LogP contribution in [0.5, 0.6) is 0 Å². The molecule has 0 aliphatic rings. The summed E-state index contributed by atoms with van der Waals surface area (Å²) in [5.41, 5.74) is 0. The molecule has 1 aromatic rings. The molecule has 1 N–H and O–H groups in total. The average molecular weight is 295 g/mol. The van der Waals surface area contributed by atoms with Crippen molar-refractivity contribution >= 4 is 39.3 Å². The standard InChI is InChI=1S/C8H9BrClN3O2/c1-4(7(14)15-2)12-6-5(9)3-11-8(10)13-6/h3-4H,1-2H3,(H,11,12,13). The molecule has 15 heavy (non-hydrogen) atoms. The highest BCUT2D eigenvalue weighted by atomic mass is 79.9. The van der Waals surface area contributed by atoms with Crippen LogP contribution >= 0.6 is 27.5 Å². The molecule has 0 bridgehead atoms. The highest BCUT2D eigenvalue weighted by Crippen LogP contribution is 2.20. The summed E-state index contributed by atoms with van der Waals surface area (Å²) in [6.07, 6.45) is 1.50. The lowest BCUT2D eigenvalue weighted by molar-refractivity contribution is -0.141. The van der Waals surface area contributed by atoms with Crippen LogP contribution in [0, 0.1) is 0 Å². The number of nitrogens with zero attached hydrogens (tertiary/aromatic N) is 2. The van der Waals surface area contributed by atoms with Gasteiger partial charge in [-0.2, -0.15) is 4.98 Å². The molecule has 0 aromatic carbocycles. The first-order chi connectivity index (χ1) is 7.04. The molecule has 0 amide bonds. The highest BCUT2D eigenvalue weighted by Gasteiger charge is 2.15. The normalized spacial score (nSPS) is 12.0. The summed E-state index contributed by atoms with van der Waals surface area (Å²) < 4.78 is 5.19. The number of hydrogen-bond acceptors (Lipinski definition) is 5. The van der Waals surface area contributed by atoms with Gasteiger partial charge in [-0.3, -0.25) is 0 Å². The van der Waals surface area contributed by atoms with E-state index in [1.165, 1.54) is 13.3 Å². The summed E-state index contributed by atoms with van der Waals surface area (Å²) in [6.45, 7) is 1.66. The van der Waals surface area contributed by atoms with Crippen molar-refractivity contribution < 1.29 is 9.53 Å². The van der Waals surface area contributed by atoms with Crippen molar-refractivity contribution in [2.24, 2.45) is 0 Å². The quantitative estimate of drug-likeness (QED) is 0.681. The van der Waals surface area contributed by atoms with Crippen molar-refractivity contribution in [3.8, 4) is 0 Å². The third kappa shape index (κ3) is 3.32. The Bertz CT molecular complexity index is 375. The van der Waals surface area contributed by atoms with Crippen LogP contribution in [0.2, 0.25) is 5.28 Å². The van der Waals surface area contributed by atoms with Crippen molar-refractivity contribution in [3.63, 3.8) is 0 Å². The first-order valence-corrected chi connectivity index (χ1v) is 5.24. The fraction of sp³-hybridized carbons (Fsp3) is 0.375. The van der Waals surface area contributed by atoms with Gasteiger partial charge in [-0.25, -0.2) is 9.78 Å². The fourth-order valence-corrected chi connectivity index (χ4v) is 1.33. The molecule has 1 atom stereocenters. The van der Waals surface area contributed by atoms with Crippen LogP contribution in [0.3, 0.4) is 0 Å². The van der Waals surface area contributed by atoms with Gasteiger partial charge in [-0.05, 0) is 34.5 Å². The second-order valence-electron chi connectivity index (χ2n) is 2.72. The molecule has 0 fully saturated rings. The molecule has 0 radical (unpaired) electrons. The molecule has 0 saturated heterocycles. The lowest BCUT2D eigenvalue weighted by Gasteiger charge is -2.12. The minimum absolute atomic E-state index is 0.109. The fourth-order valence-electron chi connectivity index (χ4n) is 0.888. The van der Waals surface area contributed by atoms with Crippen LogP contribution in [-0.2, 0) is 9.53 Å². The molecular formula is C8H9BrClN3O2. The lowest BCUT2D eigenvalue weighted by Crippen LogP contribution is -2.27. The van der Waals surface area contributed by atoms with Gasteiger partial charge in [0.2, 0.25) is 5.28 Å². The van der Waals surface area contributed by atoms with E-state index in [1.54, 1.807) is 6.92 Å². The average Bonchev–Trinajstić information content (AvgIpc) is 2.22. The van der Waals surface area contributed by atoms with Crippen LogP contribution in [0.15, 0.2) is 10.7 Å². The smallest absolute Gasteiger partial charge is 0.328 e. The second kappa shape index (κ2) is 5.27. The highest BCUT2D eigenvalue weighted by molar-refractivity contribution is 9.10. The number of halogens is 2. The van der Waals surface area contributed by atoms with E-state index < -0.39 is 6.04 Å². The number of esters is 1. The van der Waals surface area contributed by atoms with Gasteiger partial charge in [-0.15, -0.1) is 0 Å².